The number of carbonyl (C=O) groups excluding carboxylic acids is 2. The fourth-order valence-electron chi connectivity index (χ4n) is 2.39. The molecule has 1 aromatic carbocycles. The third kappa shape index (κ3) is 4.96. The van der Waals surface area contributed by atoms with Crippen LogP contribution in [0.5, 0.6) is 11.5 Å². The summed E-state index contributed by atoms with van der Waals surface area (Å²) < 4.78 is 10.7. The summed E-state index contributed by atoms with van der Waals surface area (Å²) in [6.45, 7) is 0.702. The van der Waals surface area contributed by atoms with E-state index in [-0.39, 0.29) is 18.2 Å². The Morgan fingerprint density at radius 1 is 1.16 bits per heavy atom. The van der Waals surface area contributed by atoms with Gasteiger partial charge < -0.3 is 19.7 Å². The van der Waals surface area contributed by atoms with Crippen molar-refractivity contribution in [2.75, 3.05) is 27.8 Å². The van der Waals surface area contributed by atoms with Crippen LogP contribution in [-0.4, -0.2) is 44.5 Å². The maximum Gasteiger partial charge on any atom is 0.261 e. The summed E-state index contributed by atoms with van der Waals surface area (Å²) in [5, 5.41) is 4.60. The lowest BCUT2D eigenvalue weighted by molar-refractivity contribution is -0.130. The molecule has 0 atom stereocenters. The number of nitrogens with zero attached hydrogens (tertiary/aromatic N) is 1. The van der Waals surface area contributed by atoms with E-state index in [0.717, 1.165) is 5.56 Å². The fourth-order valence-corrected chi connectivity index (χ4v) is 3.03. The van der Waals surface area contributed by atoms with Gasteiger partial charge in [0.2, 0.25) is 5.91 Å². The van der Waals surface area contributed by atoms with Crippen LogP contribution in [0.15, 0.2) is 35.7 Å². The third-order valence-electron chi connectivity index (χ3n) is 3.69. The van der Waals surface area contributed by atoms with Gasteiger partial charge in [-0.05, 0) is 17.5 Å². The van der Waals surface area contributed by atoms with Crippen molar-refractivity contribution in [1.29, 1.82) is 0 Å². The Balaban J connectivity index is 1.87. The molecule has 7 heteroatoms. The van der Waals surface area contributed by atoms with Gasteiger partial charge in [0.15, 0.2) is 11.5 Å². The molecule has 6 nitrogen and oxygen atoms in total. The van der Waals surface area contributed by atoms with E-state index in [9.17, 15) is 9.59 Å². The Labute approximate surface area is 151 Å². The van der Waals surface area contributed by atoms with Crippen molar-refractivity contribution in [1.82, 2.24) is 10.2 Å². The molecule has 2 aromatic rings. The van der Waals surface area contributed by atoms with Crippen molar-refractivity contribution in [2.45, 2.75) is 13.0 Å². The molecule has 1 aromatic heterocycles. The number of thiophene rings is 1. The average Bonchev–Trinajstić information content (AvgIpc) is 3.15. The predicted molar refractivity (Wildman–Crippen MR) is 97.3 cm³/mol. The van der Waals surface area contributed by atoms with E-state index in [0.29, 0.717) is 29.5 Å². The van der Waals surface area contributed by atoms with Crippen LogP contribution in [0.1, 0.15) is 21.7 Å². The standard InChI is InChI=1S/C18H22N2O4S/c1-20(12-13-6-4-7-14(23-2)17(13)24-3)16(21)9-10-19-18(22)15-8-5-11-25-15/h4-8,11H,9-10,12H2,1-3H3,(H,19,22). The average molecular weight is 362 g/mol. The van der Waals surface area contributed by atoms with Crippen molar-refractivity contribution in [2.24, 2.45) is 0 Å². The van der Waals surface area contributed by atoms with Crippen LogP contribution in [0.4, 0.5) is 0 Å². The minimum Gasteiger partial charge on any atom is -0.493 e. The first kappa shape index (κ1) is 18.8. The molecule has 134 valence electrons. The lowest BCUT2D eigenvalue weighted by atomic mass is 10.1. The van der Waals surface area contributed by atoms with E-state index < -0.39 is 0 Å². The molecule has 2 amide bonds. The first-order valence-corrected chi connectivity index (χ1v) is 8.70. The van der Waals surface area contributed by atoms with Gasteiger partial charge in [-0.15, -0.1) is 11.3 Å². The molecule has 0 radical (unpaired) electrons. The van der Waals surface area contributed by atoms with E-state index in [4.69, 9.17) is 9.47 Å². The van der Waals surface area contributed by atoms with Gasteiger partial charge in [0, 0.05) is 32.1 Å². The zero-order valence-corrected chi connectivity index (χ0v) is 15.4. The molecular formula is C18H22N2O4S. The van der Waals surface area contributed by atoms with Gasteiger partial charge in [0.05, 0.1) is 19.1 Å². The monoisotopic (exact) mass is 362 g/mol. The second kappa shape index (κ2) is 9.08. The molecule has 1 heterocycles. The summed E-state index contributed by atoms with van der Waals surface area (Å²) in [6, 6.07) is 9.13. The number of para-hydroxylation sites is 1. The van der Waals surface area contributed by atoms with Crippen molar-refractivity contribution in [3.8, 4) is 11.5 Å². The Morgan fingerprint density at radius 3 is 2.60 bits per heavy atom. The second-order valence-corrected chi connectivity index (χ2v) is 6.33. The fraction of sp³-hybridized carbons (Fsp3) is 0.333. The topological polar surface area (TPSA) is 67.9 Å². The van der Waals surface area contributed by atoms with Crippen LogP contribution in [0.3, 0.4) is 0 Å². The molecule has 0 fully saturated rings. The molecule has 25 heavy (non-hydrogen) atoms. The zero-order valence-electron chi connectivity index (χ0n) is 14.6. The van der Waals surface area contributed by atoms with E-state index in [1.54, 1.807) is 32.2 Å². The molecule has 0 spiro atoms. The maximum atomic E-state index is 12.3. The molecule has 0 aliphatic carbocycles. The summed E-state index contributed by atoms with van der Waals surface area (Å²) in [4.78, 5) is 26.4. The molecule has 0 unspecified atom stereocenters. The number of nitrogens with one attached hydrogen (secondary N) is 1. The molecule has 0 aliphatic heterocycles. The normalized spacial score (nSPS) is 10.2. The number of amides is 2. The largest absolute Gasteiger partial charge is 0.493 e. The van der Waals surface area contributed by atoms with Gasteiger partial charge in [0.25, 0.3) is 5.91 Å². The quantitative estimate of drug-likeness (QED) is 0.784. The van der Waals surface area contributed by atoms with E-state index in [1.165, 1.54) is 11.3 Å². The lowest BCUT2D eigenvalue weighted by Gasteiger charge is -2.20. The maximum absolute atomic E-state index is 12.3. The third-order valence-corrected chi connectivity index (χ3v) is 4.56. The van der Waals surface area contributed by atoms with Gasteiger partial charge in [-0.1, -0.05) is 18.2 Å². The van der Waals surface area contributed by atoms with Crippen LogP contribution in [-0.2, 0) is 11.3 Å². The Bertz CT molecular complexity index is 716. The first-order valence-electron chi connectivity index (χ1n) is 7.82. The molecule has 1 N–H and O–H groups in total. The summed E-state index contributed by atoms with van der Waals surface area (Å²) in [5.74, 6) is 1.04. The van der Waals surface area contributed by atoms with Gasteiger partial charge in [-0.25, -0.2) is 0 Å². The highest BCUT2D eigenvalue weighted by Crippen LogP contribution is 2.31. The minimum atomic E-state index is -0.153. The van der Waals surface area contributed by atoms with Gasteiger partial charge in [-0.2, -0.15) is 0 Å². The summed E-state index contributed by atoms with van der Waals surface area (Å²) >= 11 is 1.37. The molecule has 0 bridgehead atoms. The molecule has 0 aliphatic rings. The van der Waals surface area contributed by atoms with E-state index in [1.807, 2.05) is 29.6 Å². The van der Waals surface area contributed by atoms with Crippen LogP contribution in [0, 0.1) is 0 Å². The number of hydrogen-bond acceptors (Lipinski definition) is 5. The lowest BCUT2D eigenvalue weighted by Crippen LogP contribution is -2.31. The van der Waals surface area contributed by atoms with Crippen molar-refractivity contribution in [3.63, 3.8) is 0 Å². The molecular weight excluding hydrogens is 340 g/mol. The Hall–Kier alpha value is -2.54. The number of rotatable bonds is 8. The molecule has 0 saturated heterocycles. The van der Waals surface area contributed by atoms with Crippen molar-refractivity contribution in [3.05, 3.63) is 46.2 Å². The number of methoxy groups -OCH3 is 2. The number of benzene rings is 1. The van der Waals surface area contributed by atoms with Crippen LogP contribution >= 0.6 is 11.3 Å². The second-order valence-electron chi connectivity index (χ2n) is 5.39. The molecule has 0 saturated carbocycles. The SMILES string of the molecule is COc1cccc(CN(C)C(=O)CCNC(=O)c2cccs2)c1OC. The van der Waals surface area contributed by atoms with Crippen LogP contribution in [0.2, 0.25) is 0 Å². The highest BCUT2D eigenvalue weighted by Gasteiger charge is 2.15. The van der Waals surface area contributed by atoms with E-state index in [2.05, 4.69) is 5.32 Å². The Kier molecular flexibility index (Phi) is 6.82. The minimum absolute atomic E-state index is 0.0589. The summed E-state index contributed by atoms with van der Waals surface area (Å²) in [7, 11) is 4.87. The number of ether oxygens (including phenoxy) is 2. The molecule has 2 rings (SSSR count). The number of carbonyl (C=O) groups is 2. The van der Waals surface area contributed by atoms with Gasteiger partial charge >= 0.3 is 0 Å². The zero-order chi connectivity index (χ0) is 18.2. The van der Waals surface area contributed by atoms with Gasteiger partial charge in [-0.3, -0.25) is 9.59 Å². The predicted octanol–water partition coefficient (Wildman–Crippen LogP) is 2.54. The highest BCUT2D eigenvalue weighted by molar-refractivity contribution is 7.12. The van der Waals surface area contributed by atoms with Crippen LogP contribution < -0.4 is 14.8 Å². The first-order chi connectivity index (χ1) is 12.1. The van der Waals surface area contributed by atoms with E-state index >= 15 is 0 Å². The summed E-state index contributed by atoms with van der Waals surface area (Å²) in [6.07, 6.45) is 0.236. The van der Waals surface area contributed by atoms with Crippen molar-refractivity contribution >= 4 is 23.2 Å². The number of hydrogen-bond donors (Lipinski definition) is 1. The highest BCUT2D eigenvalue weighted by atomic mass is 32.1. The van der Waals surface area contributed by atoms with Crippen LogP contribution in [0.25, 0.3) is 0 Å². The van der Waals surface area contributed by atoms with Crippen molar-refractivity contribution < 1.29 is 19.1 Å². The van der Waals surface area contributed by atoms with Gasteiger partial charge in [0.1, 0.15) is 0 Å². The Morgan fingerprint density at radius 2 is 1.96 bits per heavy atom. The summed E-state index contributed by atoms with van der Waals surface area (Å²) in [5.41, 5.74) is 0.861. The smallest absolute Gasteiger partial charge is 0.261 e.